The number of carboxylic acids is 1. The number of amides is 1. The van der Waals surface area contributed by atoms with Gasteiger partial charge < -0.3 is 10.4 Å². The van der Waals surface area contributed by atoms with E-state index in [-0.39, 0.29) is 17.0 Å². The summed E-state index contributed by atoms with van der Waals surface area (Å²) in [6.07, 6.45) is 1.17. The third-order valence-corrected chi connectivity index (χ3v) is 6.30. The van der Waals surface area contributed by atoms with Gasteiger partial charge in [0.05, 0.1) is 16.1 Å². The molecule has 2 rings (SSSR count). The normalized spacial score (nSPS) is 11.8. The highest BCUT2D eigenvalue weighted by atomic mass is 32.2. The summed E-state index contributed by atoms with van der Waals surface area (Å²) < 4.78 is 23.8. The van der Waals surface area contributed by atoms with Crippen molar-refractivity contribution in [2.75, 3.05) is 5.32 Å². The van der Waals surface area contributed by atoms with Crippen LogP contribution in [0.2, 0.25) is 0 Å². The Balaban J connectivity index is 2.15. The number of sulfone groups is 1. The van der Waals surface area contributed by atoms with Crippen LogP contribution in [0.4, 0.5) is 5.69 Å². The molecule has 26 heavy (non-hydrogen) atoms. The monoisotopic (exact) mass is 376 g/mol. The van der Waals surface area contributed by atoms with Gasteiger partial charge in [-0.05, 0) is 50.6 Å². The molecule has 2 N–H and O–H groups in total. The first-order chi connectivity index (χ1) is 12.0. The van der Waals surface area contributed by atoms with Crippen molar-refractivity contribution in [3.8, 4) is 0 Å². The number of aromatic carboxylic acids is 1. The zero-order valence-electron chi connectivity index (χ0n) is 14.7. The lowest BCUT2D eigenvalue weighted by atomic mass is 10.2. The number of rotatable bonds is 5. The summed E-state index contributed by atoms with van der Waals surface area (Å²) in [5, 5.41) is 11.5. The van der Waals surface area contributed by atoms with Gasteiger partial charge in [-0.3, -0.25) is 4.79 Å². The smallest absolute Gasteiger partial charge is 0.354 e. The molecular formula is C18H20N2O5S. The van der Waals surface area contributed by atoms with Crippen molar-refractivity contribution in [2.45, 2.75) is 31.3 Å². The molecule has 1 heterocycles. The standard InChI is InChI=1S/C18H20N2O5S/c1-18(2,3)26(24,25)11-12-5-4-6-14(9-12)20-16(21)13-7-8-15(17(22)23)19-10-13/h4-10H,11H2,1-3H3,(H,20,21)(H,22,23). The Morgan fingerprint density at radius 3 is 2.38 bits per heavy atom. The van der Waals surface area contributed by atoms with Crippen LogP contribution in [0.5, 0.6) is 0 Å². The Morgan fingerprint density at radius 2 is 1.85 bits per heavy atom. The van der Waals surface area contributed by atoms with Gasteiger partial charge in [-0.25, -0.2) is 18.2 Å². The Hall–Kier alpha value is -2.74. The molecule has 0 unspecified atom stereocenters. The molecule has 1 amide bonds. The van der Waals surface area contributed by atoms with Crippen LogP contribution >= 0.6 is 0 Å². The second-order valence-electron chi connectivity index (χ2n) is 6.76. The second kappa shape index (κ2) is 7.25. The molecule has 0 spiro atoms. The lowest BCUT2D eigenvalue weighted by molar-refractivity contribution is 0.0690. The van der Waals surface area contributed by atoms with Crippen molar-refractivity contribution in [3.05, 3.63) is 59.4 Å². The quantitative estimate of drug-likeness (QED) is 0.829. The van der Waals surface area contributed by atoms with Crippen LogP contribution in [0.3, 0.4) is 0 Å². The van der Waals surface area contributed by atoms with Crippen LogP contribution < -0.4 is 5.32 Å². The Labute approximate surface area is 152 Å². The molecule has 1 aromatic carbocycles. The molecule has 0 aliphatic heterocycles. The minimum absolute atomic E-state index is 0.130. The van der Waals surface area contributed by atoms with Crippen molar-refractivity contribution < 1.29 is 23.1 Å². The molecule has 8 heteroatoms. The molecule has 0 saturated carbocycles. The molecule has 0 aliphatic rings. The molecule has 0 aliphatic carbocycles. The van der Waals surface area contributed by atoms with Crippen molar-refractivity contribution in [3.63, 3.8) is 0 Å². The van der Waals surface area contributed by atoms with E-state index < -0.39 is 26.5 Å². The van der Waals surface area contributed by atoms with E-state index in [4.69, 9.17) is 5.11 Å². The summed E-state index contributed by atoms with van der Waals surface area (Å²) >= 11 is 0. The first kappa shape index (κ1) is 19.6. The summed E-state index contributed by atoms with van der Waals surface area (Å²) in [5.41, 5.74) is 1.05. The molecule has 0 radical (unpaired) electrons. The minimum atomic E-state index is -3.34. The van der Waals surface area contributed by atoms with E-state index in [1.165, 1.54) is 18.3 Å². The van der Waals surface area contributed by atoms with E-state index in [1.54, 1.807) is 45.0 Å². The van der Waals surface area contributed by atoms with Gasteiger partial charge in [0.2, 0.25) is 0 Å². The third kappa shape index (κ3) is 4.66. The average Bonchev–Trinajstić information content (AvgIpc) is 2.53. The topological polar surface area (TPSA) is 113 Å². The fourth-order valence-corrected chi connectivity index (χ4v) is 3.08. The number of carbonyl (C=O) groups is 2. The van der Waals surface area contributed by atoms with E-state index in [0.29, 0.717) is 11.3 Å². The van der Waals surface area contributed by atoms with Crippen LogP contribution in [0.25, 0.3) is 0 Å². The lowest BCUT2D eigenvalue weighted by Gasteiger charge is -2.19. The predicted octanol–water partition coefficient (Wildman–Crippen LogP) is 2.75. The third-order valence-electron chi connectivity index (χ3n) is 3.72. The van der Waals surface area contributed by atoms with E-state index in [1.807, 2.05) is 0 Å². The van der Waals surface area contributed by atoms with Crippen LogP contribution in [0.15, 0.2) is 42.6 Å². The Kier molecular flexibility index (Phi) is 5.46. The van der Waals surface area contributed by atoms with Crippen molar-refractivity contribution >= 4 is 27.4 Å². The van der Waals surface area contributed by atoms with E-state index in [0.717, 1.165) is 0 Å². The van der Waals surface area contributed by atoms with E-state index >= 15 is 0 Å². The zero-order valence-corrected chi connectivity index (χ0v) is 15.5. The SMILES string of the molecule is CC(C)(C)S(=O)(=O)Cc1cccc(NC(=O)c2ccc(C(=O)O)nc2)c1. The fraction of sp³-hybridized carbons (Fsp3) is 0.278. The van der Waals surface area contributed by atoms with Crippen LogP contribution in [-0.2, 0) is 15.6 Å². The summed E-state index contributed by atoms with van der Waals surface area (Å²) in [6, 6.07) is 9.19. The maximum atomic E-state index is 12.3. The van der Waals surface area contributed by atoms with Gasteiger partial charge >= 0.3 is 5.97 Å². The van der Waals surface area contributed by atoms with Crippen LogP contribution in [0.1, 0.15) is 47.2 Å². The summed E-state index contributed by atoms with van der Waals surface area (Å²) in [7, 11) is -3.34. The maximum absolute atomic E-state index is 12.3. The number of carboxylic acid groups (broad SMARTS) is 1. The molecule has 0 bridgehead atoms. The summed E-state index contributed by atoms with van der Waals surface area (Å²) in [6.45, 7) is 4.92. The summed E-state index contributed by atoms with van der Waals surface area (Å²) in [5.74, 6) is -1.77. The average molecular weight is 376 g/mol. The molecular weight excluding hydrogens is 356 g/mol. The number of hydrogen-bond acceptors (Lipinski definition) is 5. The molecule has 0 saturated heterocycles. The number of anilines is 1. The number of nitrogens with one attached hydrogen (secondary N) is 1. The lowest BCUT2D eigenvalue weighted by Crippen LogP contribution is -2.29. The number of pyridine rings is 1. The number of benzene rings is 1. The van der Waals surface area contributed by atoms with Crippen molar-refractivity contribution in [1.29, 1.82) is 0 Å². The van der Waals surface area contributed by atoms with Gasteiger partial charge in [-0.2, -0.15) is 0 Å². The summed E-state index contributed by atoms with van der Waals surface area (Å²) in [4.78, 5) is 26.7. The highest BCUT2D eigenvalue weighted by Crippen LogP contribution is 2.22. The number of hydrogen-bond donors (Lipinski definition) is 2. The van der Waals surface area contributed by atoms with Gasteiger partial charge in [0.1, 0.15) is 5.69 Å². The van der Waals surface area contributed by atoms with E-state index in [2.05, 4.69) is 10.3 Å². The number of aromatic nitrogens is 1. The second-order valence-corrected chi connectivity index (χ2v) is 9.51. The number of carbonyl (C=O) groups excluding carboxylic acids is 1. The minimum Gasteiger partial charge on any atom is -0.477 e. The molecule has 138 valence electrons. The molecule has 2 aromatic rings. The maximum Gasteiger partial charge on any atom is 0.354 e. The van der Waals surface area contributed by atoms with Gasteiger partial charge in [-0.15, -0.1) is 0 Å². The molecule has 1 aromatic heterocycles. The number of nitrogens with zero attached hydrogens (tertiary/aromatic N) is 1. The zero-order chi connectivity index (χ0) is 19.5. The van der Waals surface area contributed by atoms with Crippen molar-refractivity contribution in [2.24, 2.45) is 0 Å². The van der Waals surface area contributed by atoms with Gasteiger partial charge in [-0.1, -0.05) is 12.1 Å². The van der Waals surface area contributed by atoms with Gasteiger partial charge in [0.15, 0.2) is 9.84 Å². The Morgan fingerprint density at radius 1 is 1.15 bits per heavy atom. The van der Waals surface area contributed by atoms with Gasteiger partial charge in [0, 0.05) is 11.9 Å². The fourth-order valence-electron chi connectivity index (χ4n) is 2.03. The predicted molar refractivity (Wildman–Crippen MR) is 98.0 cm³/mol. The van der Waals surface area contributed by atoms with E-state index in [9.17, 15) is 18.0 Å². The first-order valence-corrected chi connectivity index (χ1v) is 9.47. The van der Waals surface area contributed by atoms with Crippen LogP contribution in [0, 0.1) is 0 Å². The van der Waals surface area contributed by atoms with Crippen LogP contribution in [-0.4, -0.2) is 35.1 Å². The Bertz CT molecular complexity index is 929. The first-order valence-electron chi connectivity index (χ1n) is 7.81. The van der Waals surface area contributed by atoms with Gasteiger partial charge in [0.25, 0.3) is 5.91 Å². The molecule has 0 fully saturated rings. The molecule has 7 nitrogen and oxygen atoms in total. The van der Waals surface area contributed by atoms with Crippen molar-refractivity contribution in [1.82, 2.24) is 4.98 Å². The highest BCUT2D eigenvalue weighted by Gasteiger charge is 2.29. The highest BCUT2D eigenvalue weighted by molar-refractivity contribution is 7.91. The molecule has 0 atom stereocenters. The largest absolute Gasteiger partial charge is 0.477 e.